The third-order valence-electron chi connectivity index (χ3n) is 5.77. The summed E-state index contributed by atoms with van der Waals surface area (Å²) in [6, 6.07) is 15.1. The molecule has 2 aromatic carbocycles. The lowest BCUT2D eigenvalue weighted by Gasteiger charge is -2.14. The molecule has 1 unspecified atom stereocenters. The van der Waals surface area contributed by atoms with Crippen molar-refractivity contribution in [2.24, 2.45) is 17.8 Å². The summed E-state index contributed by atoms with van der Waals surface area (Å²) in [6.07, 6.45) is 0.266. The van der Waals surface area contributed by atoms with Crippen LogP contribution in [-0.2, 0) is 14.3 Å². The van der Waals surface area contributed by atoms with E-state index in [4.69, 9.17) is 16.3 Å². The highest BCUT2D eigenvalue weighted by molar-refractivity contribution is 6.30. The van der Waals surface area contributed by atoms with Gasteiger partial charge in [-0.15, -0.1) is 0 Å². The lowest BCUT2D eigenvalue weighted by atomic mass is 10.2. The van der Waals surface area contributed by atoms with E-state index >= 15 is 0 Å². The number of hydrogen-bond acceptors (Lipinski definition) is 6. The number of aliphatic hydroxyl groups excluding tert-OH is 1. The van der Waals surface area contributed by atoms with Crippen molar-refractivity contribution in [1.29, 1.82) is 0 Å². The number of benzene rings is 2. The second-order valence-corrected chi connectivity index (χ2v) is 8.48. The number of aliphatic hydroxyl groups is 1. The Kier molecular flexibility index (Phi) is 7.18. The van der Waals surface area contributed by atoms with Gasteiger partial charge in [0.1, 0.15) is 12.0 Å². The van der Waals surface area contributed by atoms with Crippen molar-refractivity contribution in [3.8, 4) is 5.69 Å². The van der Waals surface area contributed by atoms with Gasteiger partial charge in [-0.05, 0) is 49.4 Å². The zero-order chi connectivity index (χ0) is 25.1. The first-order valence-corrected chi connectivity index (χ1v) is 11.3. The van der Waals surface area contributed by atoms with Crippen molar-refractivity contribution in [3.63, 3.8) is 0 Å². The van der Waals surface area contributed by atoms with E-state index in [-0.39, 0.29) is 17.9 Å². The van der Waals surface area contributed by atoms with Gasteiger partial charge in [-0.25, -0.2) is 4.39 Å². The molecule has 0 saturated heterocycles. The molecule has 0 aliphatic heterocycles. The number of esters is 1. The molecule has 1 aromatic heterocycles. The van der Waals surface area contributed by atoms with Crippen LogP contribution in [0.2, 0.25) is 5.02 Å². The molecule has 0 radical (unpaired) electrons. The number of amides is 1. The van der Waals surface area contributed by atoms with Gasteiger partial charge < -0.3 is 20.5 Å². The molecule has 4 rings (SSSR count). The summed E-state index contributed by atoms with van der Waals surface area (Å²) in [4.78, 5) is 37.4. The zero-order valence-electron chi connectivity index (χ0n) is 18.7. The topological polar surface area (TPSA) is 110 Å². The Morgan fingerprint density at radius 2 is 1.89 bits per heavy atom. The fourth-order valence-electron chi connectivity index (χ4n) is 4.03. The quantitative estimate of drug-likeness (QED) is 0.323. The first kappa shape index (κ1) is 24.4. The minimum Gasteiger partial charge on any atom is -0.466 e. The van der Waals surface area contributed by atoms with Crippen LogP contribution in [0.4, 0.5) is 15.8 Å². The van der Waals surface area contributed by atoms with Crippen molar-refractivity contribution in [3.05, 3.63) is 88.1 Å². The van der Waals surface area contributed by atoms with Gasteiger partial charge in [0.2, 0.25) is 5.91 Å². The molecule has 4 atom stereocenters. The van der Waals surface area contributed by atoms with Gasteiger partial charge in [0.15, 0.2) is 0 Å². The van der Waals surface area contributed by atoms with Crippen molar-refractivity contribution in [1.82, 2.24) is 4.57 Å². The van der Waals surface area contributed by atoms with E-state index in [1.54, 1.807) is 43.3 Å². The summed E-state index contributed by atoms with van der Waals surface area (Å²) in [6.45, 7) is 1.76. The molecule has 35 heavy (non-hydrogen) atoms. The van der Waals surface area contributed by atoms with Crippen LogP contribution in [0.3, 0.4) is 0 Å². The second-order valence-electron chi connectivity index (χ2n) is 8.04. The van der Waals surface area contributed by atoms with E-state index in [0.717, 1.165) is 6.07 Å². The Hall–Kier alpha value is -3.69. The molecule has 3 N–H and O–H groups in total. The molecule has 8 nitrogen and oxygen atoms in total. The number of nitrogens with one attached hydrogen (secondary N) is 2. The van der Waals surface area contributed by atoms with E-state index in [1.165, 1.54) is 29.0 Å². The number of rotatable bonds is 8. The van der Waals surface area contributed by atoms with Crippen LogP contribution in [0.5, 0.6) is 0 Å². The van der Waals surface area contributed by atoms with Crippen LogP contribution in [0, 0.1) is 23.6 Å². The summed E-state index contributed by atoms with van der Waals surface area (Å²) >= 11 is 5.88. The number of nitrogens with zero attached hydrogens (tertiary/aromatic N) is 1. The normalized spacial score (nSPS) is 19.5. The molecule has 1 aliphatic rings. The highest BCUT2D eigenvalue weighted by Gasteiger charge is 2.63. The minimum atomic E-state index is -1.24. The molecule has 1 amide bonds. The SMILES string of the molecule is CCOC(=O)[C@@H]1[C@@H](C(=O)Nc2ccc(-n3ccccc3=O)cc2F)[C@H]1C(O)Nc1ccc(Cl)cc1. The highest BCUT2D eigenvalue weighted by atomic mass is 35.5. The number of carbonyl (C=O) groups is 2. The summed E-state index contributed by atoms with van der Waals surface area (Å²) in [5.74, 6) is -4.61. The Labute approximate surface area is 205 Å². The molecule has 0 spiro atoms. The predicted octanol–water partition coefficient (Wildman–Crippen LogP) is 3.42. The van der Waals surface area contributed by atoms with Crippen molar-refractivity contribution >= 4 is 34.9 Å². The maximum absolute atomic E-state index is 14.8. The molecule has 1 fully saturated rings. The number of halogens is 2. The van der Waals surface area contributed by atoms with Gasteiger partial charge in [0, 0.05) is 35.0 Å². The number of anilines is 2. The third-order valence-corrected chi connectivity index (χ3v) is 6.02. The molecule has 1 aliphatic carbocycles. The van der Waals surface area contributed by atoms with E-state index in [0.29, 0.717) is 16.4 Å². The molecule has 1 heterocycles. The number of hydrogen-bond donors (Lipinski definition) is 3. The third kappa shape index (κ3) is 5.36. The fourth-order valence-corrected chi connectivity index (χ4v) is 4.16. The van der Waals surface area contributed by atoms with Gasteiger partial charge in [0.25, 0.3) is 5.56 Å². The van der Waals surface area contributed by atoms with E-state index in [2.05, 4.69) is 10.6 Å². The fraction of sp³-hybridized carbons (Fsp3) is 0.240. The summed E-state index contributed by atoms with van der Waals surface area (Å²) < 4.78 is 21.1. The molecule has 182 valence electrons. The van der Waals surface area contributed by atoms with Gasteiger partial charge in [-0.3, -0.25) is 19.0 Å². The van der Waals surface area contributed by atoms with E-state index in [1.807, 2.05) is 0 Å². The summed E-state index contributed by atoms with van der Waals surface area (Å²) in [7, 11) is 0. The van der Waals surface area contributed by atoms with Crippen LogP contribution < -0.4 is 16.2 Å². The molecule has 10 heteroatoms. The monoisotopic (exact) mass is 499 g/mol. The molecule has 0 bridgehead atoms. The van der Waals surface area contributed by atoms with E-state index in [9.17, 15) is 23.9 Å². The standard InChI is InChI=1S/C25H23ClFN3O5/c1-2-35-25(34)22-20(23(32)28-15-8-6-14(26)7-9-15)21(22)24(33)29-18-11-10-16(13-17(18)27)30-12-4-3-5-19(30)31/h3-13,20-23,28,32H,2H2,1H3,(H,29,33)/t20-,21+,22+,23?/m1/s1. The molecular formula is C25H23ClFN3O5. The molecular weight excluding hydrogens is 477 g/mol. The number of carbonyl (C=O) groups excluding carboxylic acids is 2. The van der Waals surface area contributed by atoms with Crippen LogP contribution in [0.15, 0.2) is 71.7 Å². The maximum Gasteiger partial charge on any atom is 0.310 e. The maximum atomic E-state index is 14.8. The Balaban J connectivity index is 1.50. The zero-order valence-corrected chi connectivity index (χ0v) is 19.4. The van der Waals surface area contributed by atoms with E-state index < -0.39 is 41.7 Å². The smallest absolute Gasteiger partial charge is 0.310 e. The van der Waals surface area contributed by atoms with Crippen molar-refractivity contribution < 1.29 is 23.8 Å². The van der Waals surface area contributed by atoms with Crippen molar-refractivity contribution in [2.75, 3.05) is 17.2 Å². The summed E-state index contributed by atoms with van der Waals surface area (Å²) in [5.41, 5.74) is 0.399. The average molecular weight is 500 g/mol. The predicted molar refractivity (Wildman–Crippen MR) is 129 cm³/mol. The molecule has 3 aromatic rings. The highest BCUT2D eigenvalue weighted by Crippen LogP contribution is 2.50. The van der Waals surface area contributed by atoms with Crippen LogP contribution >= 0.6 is 11.6 Å². The largest absolute Gasteiger partial charge is 0.466 e. The number of aromatic nitrogens is 1. The first-order valence-electron chi connectivity index (χ1n) is 11.0. The number of pyridine rings is 1. The Morgan fingerprint density at radius 1 is 1.14 bits per heavy atom. The molecule has 1 saturated carbocycles. The first-order chi connectivity index (χ1) is 16.8. The van der Waals surface area contributed by atoms with Gasteiger partial charge in [-0.2, -0.15) is 0 Å². The average Bonchev–Trinajstić information content (AvgIpc) is 3.59. The lowest BCUT2D eigenvalue weighted by Crippen LogP contribution is -2.25. The minimum absolute atomic E-state index is 0.115. The lowest BCUT2D eigenvalue weighted by molar-refractivity contribution is -0.146. The van der Waals surface area contributed by atoms with Gasteiger partial charge >= 0.3 is 5.97 Å². The van der Waals surface area contributed by atoms with Gasteiger partial charge in [0.05, 0.1) is 29.8 Å². The van der Waals surface area contributed by atoms with Crippen LogP contribution in [0.1, 0.15) is 6.92 Å². The van der Waals surface area contributed by atoms with Crippen LogP contribution in [-0.4, -0.2) is 34.4 Å². The Morgan fingerprint density at radius 3 is 2.54 bits per heavy atom. The van der Waals surface area contributed by atoms with Crippen molar-refractivity contribution in [2.45, 2.75) is 13.2 Å². The Bertz CT molecular complexity index is 1300. The van der Waals surface area contributed by atoms with Crippen LogP contribution in [0.25, 0.3) is 5.69 Å². The number of ether oxygens (including phenoxy) is 1. The summed E-state index contributed by atoms with van der Waals surface area (Å²) in [5, 5.41) is 16.5. The van der Waals surface area contributed by atoms with Gasteiger partial charge in [-0.1, -0.05) is 17.7 Å². The second kappa shape index (κ2) is 10.3.